The molecule has 5 aromatic rings. The van der Waals surface area contributed by atoms with Gasteiger partial charge in [0, 0.05) is 11.9 Å². The molecule has 0 atom stereocenters. The van der Waals surface area contributed by atoms with E-state index in [2.05, 4.69) is 42.1 Å². The maximum Gasteiger partial charge on any atom is 0.280 e. The van der Waals surface area contributed by atoms with Gasteiger partial charge in [-0.15, -0.1) is 17.9 Å². The average molecular weight is 456 g/mol. The number of fused-ring (bicyclic) bond motifs is 2. The second kappa shape index (κ2) is 8.30. The number of hydrogen-bond donors (Lipinski definition) is 0. The Labute approximate surface area is 193 Å². The van der Waals surface area contributed by atoms with Gasteiger partial charge in [0.05, 0.1) is 31.9 Å². The molecule has 2 aromatic carbocycles. The summed E-state index contributed by atoms with van der Waals surface area (Å²) in [5.74, 6) is -0.264. The highest BCUT2D eigenvalue weighted by atomic mass is 32.1. The van der Waals surface area contributed by atoms with Crippen molar-refractivity contribution < 1.29 is 4.79 Å². The lowest BCUT2D eigenvalue weighted by Gasteiger charge is -2.07. The Hall–Kier alpha value is -3.35. The second-order valence-corrected chi connectivity index (χ2v) is 9.64. The molecule has 0 saturated carbocycles. The van der Waals surface area contributed by atoms with Crippen molar-refractivity contribution in [3.63, 3.8) is 0 Å². The van der Waals surface area contributed by atoms with Gasteiger partial charge in [0.15, 0.2) is 4.80 Å². The number of pyridine rings is 1. The molecule has 0 radical (unpaired) electrons. The summed E-state index contributed by atoms with van der Waals surface area (Å²) < 4.78 is 3.19. The summed E-state index contributed by atoms with van der Waals surface area (Å²) in [6, 6.07) is 17.9. The Morgan fingerprint density at radius 1 is 1.16 bits per heavy atom. The summed E-state index contributed by atoms with van der Waals surface area (Å²) in [5.41, 5.74) is 5.61. The van der Waals surface area contributed by atoms with Crippen LogP contribution < -0.4 is 4.80 Å². The van der Waals surface area contributed by atoms with Crippen LogP contribution in [0.25, 0.3) is 31.7 Å². The average Bonchev–Trinajstić information content (AvgIpc) is 3.42. The molecule has 4 nitrogen and oxygen atoms in total. The van der Waals surface area contributed by atoms with E-state index in [0.717, 1.165) is 31.7 Å². The minimum absolute atomic E-state index is 0.264. The number of thiazole rings is 1. The van der Waals surface area contributed by atoms with Crippen molar-refractivity contribution in [2.45, 2.75) is 20.4 Å². The van der Waals surface area contributed by atoms with E-state index < -0.39 is 0 Å². The highest BCUT2D eigenvalue weighted by Gasteiger charge is 2.16. The molecule has 32 heavy (non-hydrogen) atoms. The lowest BCUT2D eigenvalue weighted by Crippen LogP contribution is -2.17. The summed E-state index contributed by atoms with van der Waals surface area (Å²) in [6.07, 6.45) is 1.84. The molecule has 0 N–H and O–H groups in total. The first kappa shape index (κ1) is 20.5. The Morgan fingerprint density at radius 3 is 2.78 bits per heavy atom. The van der Waals surface area contributed by atoms with E-state index in [1.54, 1.807) is 11.3 Å². The molecule has 3 heterocycles. The van der Waals surface area contributed by atoms with Crippen LogP contribution in [0.4, 0.5) is 0 Å². The van der Waals surface area contributed by atoms with Gasteiger partial charge in [-0.3, -0.25) is 4.79 Å². The number of thiophene rings is 1. The van der Waals surface area contributed by atoms with E-state index in [4.69, 9.17) is 4.98 Å². The van der Waals surface area contributed by atoms with Gasteiger partial charge in [-0.2, -0.15) is 4.99 Å². The molecule has 0 aliphatic rings. The standard InChI is InChI=1S/C26H21N3OS2/c1-4-11-29-24-17(3)13-16(2)14-23(24)32-26(29)28-25(30)19-15-21(22-10-7-12-31-22)27-20-9-6-5-8-18(19)20/h4-10,12-15H,1,11H2,2-3H3. The maximum atomic E-state index is 13.5. The first-order valence-corrected chi connectivity index (χ1v) is 12.0. The molecule has 0 spiro atoms. The fourth-order valence-corrected chi connectivity index (χ4v) is 5.93. The number of carbonyl (C=O) groups excluding carboxylic acids is 1. The van der Waals surface area contributed by atoms with E-state index >= 15 is 0 Å². The molecule has 0 aliphatic heterocycles. The van der Waals surface area contributed by atoms with E-state index in [9.17, 15) is 4.79 Å². The molecule has 158 valence electrons. The van der Waals surface area contributed by atoms with Crippen molar-refractivity contribution in [2.24, 2.45) is 4.99 Å². The van der Waals surface area contributed by atoms with Crippen molar-refractivity contribution in [1.29, 1.82) is 0 Å². The number of carbonyl (C=O) groups is 1. The van der Waals surface area contributed by atoms with Gasteiger partial charge in [0.25, 0.3) is 5.91 Å². The molecule has 0 bridgehead atoms. The largest absolute Gasteiger partial charge is 0.312 e. The van der Waals surface area contributed by atoms with Crippen LogP contribution in [0.1, 0.15) is 21.5 Å². The van der Waals surface area contributed by atoms with E-state index in [0.29, 0.717) is 16.9 Å². The van der Waals surface area contributed by atoms with Crippen molar-refractivity contribution in [3.8, 4) is 10.6 Å². The molecule has 6 heteroatoms. The first-order chi connectivity index (χ1) is 15.5. The van der Waals surface area contributed by atoms with Crippen LogP contribution in [-0.4, -0.2) is 15.5 Å². The molecular formula is C26H21N3OS2. The van der Waals surface area contributed by atoms with Crippen LogP contribution in [0, 0.1) is 13.8 Å². The third-order valence-corrected chi connectivity index (χ3v) is 7.26. The van der Waals surface area contributed by atoms with Crippen molar-refractivity contribution >= 4 is 49.7 Å². The highest BCUT2D eigenvalue weighted by molar-refractivity contribution is 7.16. The normalized spacial score (nSPS) is 12.0. The Balaban J connectivity index is 1.73. The monoisotopic (exact) mass is 455 g/mol. The van der Waals surface area contributed by atoms with E-state index in [-0.39, 0.29) is 5.91 Å². The lowest BCUT2D eigenvalue weighted by atomic mass is 10.1. The lowest BCUT2D eigenvalue weighted by molar-refractivity contribution is 0.0999. The number of para-hydroxylation sites is 1. The summed E-state index contributed by atoms with van der Waals surface area (Å²) in [5, 5.41) is 2.82. The number of aromatic nitrogens is 2. The fraction of sp³-hybridized carbons (Fsp3) is 0.115. The number of amides is 1. The van der Waals surface area contributed by atoms with Gasteiger partial charge < -0.3 is 4.57 Å². The topological polar surface area (TPSA) is 47.2 Å². The SMILES string of the molecule is C=CCn1c(=NC(=O)c2cc(-c3cccs3)nc3ccccc23)sc2cc(C)cc(C)c21. The van der Waals surface area contributed by atoms with Gasteiger partial charge in [-0.25, -0.2) is 4.98 Å². The first-order valence-electron chi connectivity index (χ1n) is 10.3. The molecule has 0 unspecified atom stereocenters. The zero-order valence-corrected chi connectivity index (χ0v) is 19.5. The summed E-state index contributed by atoms with van der Waals surface area (Å²) in [4.78, 5) is 24.6. The van der Waals surface area contributed by atoms with E-state index in [1.807, 2.05) is 53.9 Å². The van der Waals surface area contributed by atoms with Crippen molar-refractivity contribution in [1.82, 2.24) is 9.55 Å². The second-order valence-electron chi connectivity index (χ2n) is 7.68. The number of rotatable bonds is 4. The van der Waals surface area contributed by atoms with Gasteiger partial charge in [-0.05, 0) is 54.6 Å². The molecule has 0 aliphatic carbocycles. The molecule has 3 aromatic heterocycles. The van der Waals surface area contributed by atoms with Crippen LogP contribution in [0.15, 0.2) is 77.6 Å². The third kappa shape index (κ3) is 3.61. The van der Waals surface area contributed by atoms with Crippen LogP contribution >= 0.6 is 22.7 Å². The zero-order chi connectivity index (χ0) is 22.2. The number of aryl methyl sites for hydroxylation is 2. The number of hydrogen-bond acceptors (Lipinski definition) is 4. The Bertz CT molecular complexity index is 1560. The van der Waals surface area contributed by atoms with Gasteiger partial charge in [0.2, 0.25) is 0 Å². The Kier molecular flexibility index (Phi) is 5.33. The summed E-state index contributed by atoms with van der Waals surface area (Å²) in [7, 11) is 0. The number of nitrogens with zero attached hydrogens (tertiary/aromatic N) is 3. The minimum Gasteiger partial charge on any atom is -0.312 e. The zero-order valence-electron chi connectivity index (χ0n) is 17.8. The fourth-order valence-electron chi connectivity index (χ4n) is 4.03. The minimum atomic E-state index is -0.264. The van der Waals surface area contributed by atoms with Crippen LogP contribution in [-0.2, 0) is 6.54 Å². The predicted octanol–water partition coefficient (Wildman–Crippen LogP) is 6.52. The van der Waals surface area contributed by atoms with Gasteiger partial charge >= 0.3 is 0 Å². The molecule has 0 fully saturated rings. The molecule has 0 saturated heterocycles. The molecule has 1 amide bonds. The molecular weight excluding hydrogens is 434 g/mol. The summed E-state index contributed by atoms with van der Waals surface area (Å²) in [6.45, 7) is 8.67. The third-order valence-electron chi connectivity index (χ3n) is 5.34. The van der Waals surface area contributed by atoms with E-state index in [1.165, 1.54) is 22.5 Å². The van der Waals surface area contributed by atoms with Crippen molar-refractivity contribution in [2.75, 3.05) is 0 Å². The smallest absolute Gasteiger partial charge is 0.280 e. The quantitative estimate of drug-likeness (QED) is 0.290. The van der Waals surface area contributed by atoms with Gasteiger partial charge in [0.1, 0.15) is 0 Å². The predicted molar refractivity (Wildman–Crippen MR) is 134 cm³/mol. The highest BCUT2D eigenvalue weighted by Crippen LogP contribution is 2.28. The number of benzene rings is 2. The number of allylic oxidation sites excluding steroid dienone is 1. The van der Waals surface area contributed by atoms with Crippen LogP contribution in [0.2, 0.25) is 0 Å². The van der Waals surface area contributed by atoms with Crippen LogP contribution in [0.5, 0.6) is 0 Å². The van der Waals surface area contributed by atoms with Crippen molar-refractivity contribution in [3.05, 3.63) is 94.1 Å². The Morgan fingerprint density at radius 2 is 2.00 bits per heavy atom. The summed E-state index contributed by atoms with van der Waals surface area (Å²) >= 11 is 3.14. The van der Waals surface area contributed by atoms with Gasteiger partial charge in [-0.1, -0.05) is 47.7 Å². The maximum absolute atomic E-state index is 13.5. The molecule has 5 rings (SSSR count). The van der Waals surface area contributed by atoms with Crippen LogP contribution in [0.3, 0.4) is 0 Å².